The molecular formula is C46H62N2O6. The van der Waals surface area contributed by atoms with E-state index in [1.54, 1.807) is 0 Å². The predicted molar refractivity (Wildman–Crippen MR) is 214 cm³/mol. The smallest absolute Gasteiger partial charge is 0.145 e. The van der Waals surface area contributed by atoms with Crippen LogP contribution in [-0.4, -0.2) is 82.1 Å². The Bertz CT molecular complexity index is 1770. The zero-order chi connectivity index (χ0) is 38.9. The van der Waals surface area contributed by atoms with Crippen LogP contribution in [0.1, 0.15) is 70.4 Å². The lowest BCUT2D eigenvalue weighted by Crippen LogP contribution is -2.72. The maximum Gasteiger partial charge on any atom is 0.145 e. The molecule has 2 fully saturated rings. The van der Waals surface area contributed by atoms with E-state index in [0.29, 0.717) is 56.2 Å². The Morgan fingerprint density at radius 3 is 2.57 bits per heavy atom. The average molecular weight is 739 g/mol. The number of aliphatic hydroxyl groups is 5. The molecule has 4 bridgehead atoms. The van der Waals surface area contributed by atoms with E-state index in [4.69, 9.17) is 0 Å². The lowest BCUT2D eigenvalue weighted by atomic mass is 9.37. The molecule has 1 aromatic carbocycles. The standard InChI is InChI=1S/C46H62N2O6/c1-30(36-13-12-31(2)42(52)48-33(4)24-34-9-7-10-35(25-34)26-36)8-6-11-38(29-51)39-15-17-45-41-40(32(3)28-50)37(27-44(45,53)20-22-47-5)14-16-43(41,21-23-49)18-19-46(39,45)54/h6-12,14,16,18-19,25,28,33,36-37,39,41-42,47-49,51-54H,1,13,15,17,20-24,26-27,29H2,2-5H3/t33-,36+,37-,39-,41+,42-,43-,44-,45+,46-/m1/s1. The second-order valence-corrected chi connectivity index (χ2v) is 17.0. The van der Waals surface area contributed by atoms with Crippen LogP contribution < -0.4 is 10.6 Å². The molecular weight excluding hydrogens is 677 g/mol. The Morgan fingerprint density at radius 1 is 1.11 bits per heavy atom. The van der Waals surface area contributed by atoms with Crippen LogP contribution in [0.15, 0.2) is 107 Å². The SMILES string of the molecule is C=C(C=CC=C(CO)[C@H]1CC[C@@]23[C@H]4C(=C(C)C=O)[C@H](C=C[C@]4(CCO)C=C[C@@]12O)C[C@]3(O)CCNC)[C@H]1CC=C(C)[C@@H](O)N[C@H](C)Cc2cccc(c2)C1. The van der Waals surface area contributed by atoms with E-state index >= 15 is 0 Å². The lowest BCUT2D eigenvalue weighted by Gasteiger charge is -2.68. The highest BCUT2D eigenvalue weighted by atomic mass is 16.3. The number of nitrogens with one attached hydrogen (secondary N) is 2. The summed E-state index contributed by atoms with van der Waals surface area (Å²) in [6, 6.07) is 8.73. The highest BCUT2D eigenvalue weighted by Gasteiger charge is 2.77. The highest BCUT2D eigenvalue weighted by molar-refractivity contribution is 5.75. The van der Waals surface area contributed by atoms with E-state index in [1.807, 2.05) is 51.3 Å². The Hall–Kier alpha value is -3.21. The van der Waals surface area contributed by atoms with E-state index < -0.39 is 40.1 Å². The fourth-order valence-electron chi connectivity index (χ4n) is 11.2. The van der Waals surface area contributed by atoms with E-state index in [2.05, 4.69) is 66.6 Å². The summed E-state index contributed by atoms with van der Waals surface area (Å²) in [6.45, 7) is 10.5. The monoisotopic (exact) mass is 738 g/mol. The van der Waals surface area contributed by atoms with Crippen molar-refractivity contribution >= 4 is 6.29 Å². The summed E-state index contributed by atoms with van der Waals surface area (Å²) in [5.41, 5.74) is 1.92. The minimum atomic E-state index is -1.53. The van der Waals surface area contributed by atoms with Gasteiger partial charge in [0, 0.05) is 41.2 Å². The van der Waals surface area contributed by atoms with Crippen molar-refractivity contribution in [3.8, 4) is 0 Å². The van der Waals surface area contributed by atoms with Gasteiger partial charge < -0.3 is 30.8 Å². The molecule has 292 valence electrons. The Kier molecular flexibility index (Phi) is 12.1. The van der Waals surface area contributed by atoms with E-state index in [1.165, 1.54) is 11.1 Å². The second-order valence-electron chi connectivity index (χ2n) is 17.0. The molecule has 2 saturated carbocycles. The Balaban J connectivity index is 1.36. The van der Waals surface area contributed by atoms with Gasteiger partial charge in [0.15, 0.2) is 0 Å². The van der Waals surface area contributed by atoms with Gasteiger partial charge >= 0.3 is 0 Å². The summed E-state index contributed by atoms with van der Waals surface area (Å²) >= 11 is 0. The molecule has 8 nitrogen and oxygen atoms in total. The zero-order valence-corrected chi connectivity index (χ0v) is 32.6. The second kappa shape index (κ2) is 16.1. The van der Waals surface area contributed by atoms with Gasteiger partial charge in [-0.3, -0.25) is 10.1 Å². The van der Waals surface area contributed by atoms with Crippen molar-refractivity contribution in [2.45, 2.75) is 95.6 Å². The molecule has 6 rings (SSSR count). The molecule has 1 heterocycles. The minimum absolute atomic E-state index is 0.0734. The summed E-state index contributed by atoms with van der Waals surface area (Å²) in [6.07, 6.45) is 20.7. The van der Waals surface area contributed by atoms with Crippen LogP contribution >= 0.6 is 0 Å². The predicted octanol–water partition coefficient (Wildman–Crippen LogP) is 5.19. The molecule has 7 N–H and O–H groups in total. The molecule has 0 radical (unpaired) electrons. The summed E-state index contributed by atoms with van der Waals surface area (Å²) in [5.74, 6) is -0.979. The quantitative estimate of drug-likeness (QED) is 0.0712. The van der Waals surface area contributed by atoms with E-state index in [0.717, 1.165) is 35.8 Å². The molecule has 10 atom stereocenters. The Morgan fingerprint density at radius 2 is 1.87 bits per heavy atom. The van der Waals surface area contributed by atoms with E-state index in [9.17, 15) is 30.3 Å². The highest BCUT2D eigenvalue weighted by Crippen LogP contribution is 2.75. The number of hydrogen-bond acceptors (Lipinski definition) is 8. The summed E-state index contributed by atoms with van der Waals surface area (Å²) < 4.78 is 0. The first kappa shape index (κ1) is 40.5. The summed E-state index contributed by atoms with van der Waals surface area (Å²) in [4.78, 5) is 12.5. The average Bonchev–Trinajstić information content (AvgIpc) is 3.47. The molecule has 1 spiro atoms. The third kappa shape index (κ3) is 6.93. The van der Waals surface area contributed by atoms with Gasteiger partial charge in [0.2, 0.25) is 0 Å². The van der Waals surface area contributed by atoms with Gasteiger partial charge in [0.25, 0.3) is 0 Å². The lowest BCUT2D eigenvalue weighted by molar-refractivity contribution is -0.233. The topological polar surface area (TPSA) is 142 Å². The number of hydrogen-bond donors (Lipinski definition) is 7. The number of allylic oxidation sites excluding steroid dienone is 10. The number of carbonyl (C=O) groups is 1. The van der Waals surface area contributed by atoms with Crippen LogP contribution in [0, 0.1) is 34.5 Å². The molecule has 0 aromatic heterocycles. The van der Waals surface area contributed by atoms with Crippen molar-refractivity contribution < 1.29 is 30.3 Å². The van der Waals surface area contributed by atoms with Crippen LogP contribution in [0.2, 0.25) is 0 Å². The Labute approximate surface area is 321 Å². The van der Waals surface area contributed by atoms with Gasteiger partial charge in [-0.15, -0.1) is 0 Å². The van der Waals surface area contributed by atoms with Crippen molar-refractivity contribution in [1.29, 1.82) is 0 Å². The van der Waals surface area contributed by atoms with Gasteiger partial charge in [-0.05, 0) is 119 Å². The molecule has 0 unspecified atom stereocenters. The number of fused-ring (bicyclic) bond motifs is 3. The first-order chi connectivity index (χ1) is 25.8. The van der Waals surface area contributed by atoms with Gasteiger partial charge in [-0.25, -0.2) is 0 Å². The molecule has 1 aromatic rings. The van der Waals surface area contributed by atoms with Gasteiger partial charge in [0.05, 0.1) is 17.8 Å². The van der Waals surface area contributed by atoms with Crippen molar-refractivity contribution in [2.75, 3.05) is 26.8 Å². The summed E-state index contributed by atoms with van der Waals surface area (Å²) in [5, 5.41) is 64.9. The number of carbonyl (C=O) groups excluding carboxylic acids is 1. The third-order valence-electron chi connectivity index (χ3n) is 13.8. The minimum Gasteiger partial charge on any atom is -0.396 e. The van der Waals surface area contributed by atoms with Crippen molar-refractivity contribution in [3.05, 3.63) is 118 Å². The number of benzene rings is 1. The normalized spacial score (nSPS) is 38.7. The van der Waals surface area contributed by atoms with Crippen LogP contribution in [0.25, 0.3) is 0 Å². The maximum absolute atomic E-state index is 13.3. The molecule has 54 heavy (non-hydrogen) atoms. The van der Waals surface area contributed by atoms with Crippen molar-refractivity contribution in [3.63, 3.8) is 0 Å². The molecule has 4 aliphatic carbocycles. The number of aldehydes is 1. The van der Waals surface area contributed by atoms with Gasteiger partial charge in [-0.2, -0.15) is 0 Å². The fraction of sp³-hybridized carbons (Fsp3) is 0.543. The van der Waals surface area contributed by atoms with Crippen LogP contribution in [0.5, 0.6) is 0 Å². The number of aliphatic hydroxyl groups excluding tert-OH is 3. The first-order valence-electron chi connectivity index (χ1n) is 19.9. The van der Waals surface area contributed by atoms with E-state index in [-0.39, 0.29) is 31.1 Å². The molecule has 0 saturated heterocycles. The molecule has 5 aliphatic rings. The largest absolute Gasteiger partial charge is 0.396 e. The molecule has 8 heteroatoms. The molecule has 1 aliphatic heterocycles. The van der Waals surface area contributed by atoms with Gasteiger partial charge in [-0.1, -0.05) is 90.6 Å². The molecule has 0 amide bonds. The zero-order valence-electron chi connectivity index (χ0n) is 32.6. The van der Waals surface area contributed by atoms with Crippen molar-refractivity contribution in [2.24, 2.45) is 34.5 Å². The fourth-order valence-corrected chi connectivity index (χ4v) is 11.2. The summed E-state index contributed by atoms with van der Waals surface area (Å²) in [7, 11) is 1.86. The number of rotatable bonds is 11. The first-order valence-corrected chi connectivity index (χ1v) is 19.9. The third-order valence-corrected chi connectivity index (χ3v) is 13.8. The van der Waals surface area contributed by atoms with Crippen LogP contribution in [-0.2, 0) is 17.6 Å². The van der Waals surface area contributed by atoms with Crippen molar-refractivity contribution in [1.82, 2.24) is 10.6 Å². The van der Waals surface area contributed by atoms with Crippen LogP contribution in [0.4, 0.5) is 0 Å². The van der Waals surface area contributed by atoms with Crippen LogP contribution in [0.3, 0.4) is 0 Å². The van der Waals surface area contributed by atoms with Gasteiger partial charge in [0.1, 0.15) is 12.5 Å². The maximum atomic E-state index is 13.3.